The molecule has 120 valence electrons. The summed E-state index contributed by atoms with van der Waals surface area (Å²) in [7, 11) is 0. The van der Waals surface area contributed by atoms with Crippen LogP contribution in [0.25, 0.3) is 0 Å². The minimum absolute atomic E-state index is 0.260. The molecule has 0 saturated carbocycles. The molecule has 1 atom stereocenters. The fraction of sp³-hybridized carbons (Fsp3) is 0.714. The Bertz CT molecular complexity index is 395. The number of benzene rings is 1. The summed E-state index contributed by atoms with van der Waals surface area (Å²) >= 11 is 0. The van der Waals surface area contributed by atoms with Gasteiger partial charge in [0.05, 0.1) is 0 Å². The number of unbranched alkanes of at least 4 members (excludes halogenated alkanes) is 2. The fourth-order valence-electron chi connectivity index (χ4n) is 2.89. The maximum absolute atomic E-state index is 2.41. The number of hydrogen-bond acceptors (Lipinski definition) is 0. The molecule has 1 rings (SSSR count). The van der Waals surface area contributed by atoms with Crippen molar-refractivity contribution in [3.8, 4) is 0 Å². The predicted octanol–water partition coefficient (Wildman–Crippen LogP) is 6.77. The van der Waals surface area contributed by atoms with Crippen LogP contribution in [0.2, 0.25) is 0 Å². The van der Waals surface area contributed by atoms with Crippen molar-refractivity contribution >= 4 is 0 Å². The van der Waals surface area contributed by atoms with Crippen molar-refractivity contribution in [2.75, 3.05) is 0 Å². The molecule has 0 aliphatic carbocycles. The first-order chi connectivity index (χ1) is 9.79. The van der Waals surface area contributed by atoms with E-state index in [1.807, 2.05) is 0 Å². The van der Waals surface area contributed by atoms with Crippen LogP contribution in [0.4, 0.5) is 0 Å². The molecule has 0 aromatic heterocycles. The van der Waals surface area contributed by atoms with Crippen LogP contribution in [0.15, 0.2) is 24.3 Å². The topological polar surface area (TPSA) is 0 Å². The van der Waals surface area contributed by atoms with E-state index in [9.17, 15) is 0 Å². The van der Waals surface area contributed by atoms with E-state index in [2.05, 4.69) is 65.8 Å². The summed E-state index contributed by atoms with van der Waals surface area (Å²) in [6.07, 6.45) is 8.20. The third kappa shape index (κ3) is 7.69. The van der Waals surface area contributed by atoms with Gasteiger partial charge in [0, 0.05) is 0 Å². The molecule has 0 fully saturated rings. The fourth-order valence-corrected chi connectivity index (χ4v) is 2.89. The largest absolute Gasteiger partial charge is 0.0628 e. The van der Waals surface area contributed by atoms with Gasteiger partial charge >= 0.3 is 0 Å². The number of hydrogen-bond donors (Lipinski definition) is 0. The van der Waals surface area contributed by atoms with Gasteiger partial charge in [-0.05, 0) is 34.8 Å². The first kappa shape index (κ1) is 18.3. The lowest BCUT2D eigenvalue weighted by molar-refractivity contribution is 0.464. The second kappa shape index (κ2) is 8.61. The zero-order valence-corrected chi connectivity index (χ0v) is 15.2. The van der Waals surface area contributed by atoms with E-state index in [-0.39, 0.29) is 5.41 Å². The maximum Gasteiger partial charge on any atom is -0.0132 e. The van der Waals surface area contributed by atoms with E-state index in [0.717, 1.165) is 11.8 Å². The van der Waals surface area contributed by atoms with Gasteiger partial charge in [-0.2, -0.15) is 0 Å². The van der Waals surface area contributed by atoms with Crippen LogP contribution in [-0.2, 0) is 11.8 Å². The minimum Gasteiger partial charge on any atom is -0.0628 e. The molecular formula is C21H36. The lowest BCUT2D eigenvalue weighted by Gasteiger charge is -2.20. The highest BCUT2D eigenvalue weighted by molar-refractivity contribution is 5.28. The van der Waals surface area contributed by atoms with Gasteiger partial charge < -0.3 is 0 Å². The highest BCUT2D eigenvalue weighted by Gasteiger charge is 2.14. The van der Waals surface area contributed by atoms with Gasteiger partial charge in [0.2, 0.25) is 0 Å². The molecular weight excluding hydrogens is 252 g/mol. The van der Waals surface area contributed by atoms with Crippen molar-refractivity contribution in [3.63, 3.8) is 0 Å². The average molecular weight is 289 g/mol. The molecule has 0 radical (unpaired) electrons. The standard InChI is InChI=1S/C21H36/c1-17(2)11-8-7-9-12-18(3)15-19-13-10-14-20(16-19)21(4,5)6/h10,13-14,16-18H,7-9,11-12,15H2,1-6H3. The molecule has 0 aliphatic heterocycles. The molecule has 0 spiro atoms. The van der Waals surface area contributed by atoms with Crippen LogP contribution in [-0.4, -0.2) is 0 Å². The van der Waals surface area contributed by atoms with Crippen molar-refractivity contribution in [2.45, 2.75) is 85.5 Å². The zero-order valence-electron chi connectivity index (χ0n) is 15.2. The smallest absolute Gasteiger partial charge is 0.0132 e. The highest BCUT2D eigenvalue weighted by atomic mass is 14.2. The van der Waals surface area contributed by atoms with E-state index in [4.69, 9.17) is 0 Å². The van der Waals surface area contributed by atoms with Crippen LogP contribution >= 0.6 is 0 Å². The molecule has 0 bridgehead atoms. The first-order valence-corrected chi connectivity index (χ1v) is 8.88. The molecule has 0 heterocycles. The van der Waals surface area contributed by atoms with Crippen molar-refractivity contribution in [2.24, 2.45) is 11.8 Å². The molecule has 0 aliphatic rings. The summed E-state index contributed by atoms with van der Waals surface area (Å²) in [5, 5.41) is 0. The van der Waals surface area contributed by atoms with Gasteiger partial charge in [-0.1, -0.05) is 97.9 Å². The van der Waals surface area contributed by atoms with E-state index < -0.39 is 0 Å². The van der Waals surface area contributed by atoms with Gasteiger partial charge in [-0.25, -0.2) is 0 Å². The lowest BCUT2D eigenvalue weighted by atomic mass is 9.85. The molecule has 0 amide bonds. The Morgan fingerprint density at radius 2 is 1.57 bits per heavy atom. The minimum atomic E-state index is 0.260. The Balaban J connectivity index is 2.36. The molecule has 0 saturated heterocycles. The maximum atomic E-state index is 2.41. The molecule has 1 unspecified atom stereocenters. The molecule has 0 nitrogen and oxygen atoms in total. The van der Waals surface area contributed by atoms with Crippen LogP contribution in [0, 0.1) is 11.8 Å². The van der Waals surface area contributed by atoms with Gasteiger partial charge in [-0.15, -0.1) is 0 Å². The van der Waals surface area contributed by atoms with Gasteiger partial charge in [0.25, 0.3) is 0 Å². The lowest BCUT2D eigenvalue weighted by Crippen LogP contribution is -2.11. The summed E-state index contributed by atoms with van der Waals surface area (Å²) in [5.41, 5.74) is 3.23. The van der Waals surface area contributed by atoms with Crippen LogP contribution < -0.4 is 0 Å². The Morgan fingerprint density at radius 3 is 2.19 bits per heavy atom. The van der Waals surface area contributed by atoms with Gasteiger partial charge in [0.1, 0.15) is 0 Å². The molecule has 0 N–H and O–H groups in total. The van der Waals surface area contributed by atoms with Crippen molar-refractivity contribution in [3.05, 3.63) is 35.4 Å². The first-order valence-electron chi connectivity index (χ1n) is 8.88. The van der Waals surface area contributed by atoms with E-state index >= 15 is 0 Å². The monoisotopic (exact) mass is 288 g/mol. The average Bonchev–Trinajstić information content (AvgIpc) is 2.37. The summed E-state index contributed by atoms with van der Waals surface area (Å²) < 4.78 is 0. The van der Waals surface area contributed by atoms with Gasteiger partial charge in [0.15, 0.2) is 0 Å². The Labute approximate surface area is 133 Å². The highest BCUT2D eigenvalue weighted by Crippen LogP contribution is 2.24. The molecule has 1 aromatic rings. The quantitative estimate of drug-likeness (QED) is 0.463. The van der Waals surface area contributed by atoms with Crippen LogP contribution in [0.1, 0.15) is 84.8 Å². The SMILES string of the molecule is CC(C)CCCCCC(C)Cc1cccc(C(C)(C)C)c1. The Kier molecular flexibility index (Phi) is 7.49. The molecule has 0 heteroatoms. The number of rotatable bonds is 8. The zero-order chi connectivity index (χ0) is 15.9. The van der Waals surface area contributed by atoms with Gasteiger partial charge in [-0.3, -0.25) is 0 Å². The predicted molar refractivity (Wildman–Crippen MR) is 95.9 cm³/mol. The Hall–Kier alpha value is -0.780. The normalized spacial score (nSPS) is 13.7. The summed E-state index contributed by atoms with van der Waals surface area (Å²) in [4.78, 5) is 0. The summed E-state index contributed by atoms with van der Waals surface area (Å²) in [5.74, 6) is 1.67. The van der Waals surface area contributed by atoms with Crippen molar-refractivity contribution in [1.82, 2.24) is 0 Å². The molecule has 21 heavy (non-hydrogen) atoms. The Morgan fingerprint density at radius 1 is 0.905 bits per heavy atom. The van der Waals surface area contributed by atoms with Crippen LogP contribution in [0.5, 0.6) is 0 Å². The van der Waals surface area contributed by atoms with Crippen molar-refractivity contribution in [1.29, 1.82) is 0 Å². The molecule has 1 aromatic carbocycles. The summed E-state index contributed by atoms with van der Waals surface area (Å²) in [6, 6.07) is 9.20. The third-order valence-electron chi connectivity index (χ3n) is 4.36. The van der Waals surface area contributed by atoms with E-state index in [1.54, 1.807) is 0 Å². The second-order valence-corrected chi connectivity index (χ2v) is 8.29. The van der Waals surface area contributed by atoms with E-state index in [0.29, 0.717) is 0 Å². The van der Waals surface area contributed by atoms with E-state index in [1.165, 1.54) is 49.7 Å². The summed E-state index contributed by atoms with van der Waals surface area (Å²) in [6.45, 7) is 13.9. The third-order valence-corrected chi connectivity index (χ3v) is 4.36. The second-order valence-electron chi connectivity index (χ2n) is 8.29. The van der Waals surface area contributed by atoms with Crippen LogP contribution in [0.3, 0.4) is 0 Å². The van der Waals surface area contributed by atoms with Crippen molar-refractivity contribution < 1.29 is 0 Å².